The van der Waals surface area contributed by atoms with E-state index in [2.05, 4.69) is 46.1 Å². The molecule has 0 atom stereocenters. The molecule has 5 heteroatoms. The van der Waals surface area contributed by atoms with Gasteiger partial charge in [-0.15, -0.1) is 21.5 Å². The fourth-order valence-electron chi connectivity index (χ4n) is 1.44. The molecule has 0 amide bonds. The summed E-state index contributed by atoms with van der Waals surface area (Å²) in [5.41, 5.74) is 0. The van der Waals surface area contributed by atoms with E-state index in [1.165, 1.54) is 4.88 Å². The highest BCUT2D eigenvalue weighted by Gasteiger charge is 2.06. The van der Waals surface area contributed by atoms with Crippen molar-refractivity contribution in [3.8, 4) is 0 Å². The van der Waals surface area contributed by atoms with Gasteiger partial charge in [0.05, 0.1) is 0 Å². The van der Waals surface area contributed by atoms with Crippen LogP contribution in [0, 0.1) is 5.92 Å². The molecule has 0 aliphatic heterocycles. The van der Waals surface area contributed by atoms with Gasteiger partial charge in [0.1, 0.15) is 6.33 Å². The molecular formula is C12H17N3S2. The van der Waals surface area contributed by atoms with Crippen molar-refractivity contribution >= 4 is 23.1 Å². The first kappa shape index (κ1) is 12.6. The molecule has 17 heavy (non-hydrogen) atoms. The van der Waals surface area contributed by atoms with Gasteiger partial charge in [-0.05, 0) is 23.8 Å². The Hall–Kier alpha value is -0.810. The molecule has 0 bridgehead atoms. The summed E-state index contributed by atoms with van der Waals surface area (Å²) < 4.78 is 2.15. The maximum absolute atomic E-state index is 4.17. The van der Waals surface area contributed by atoms with Gasteiger partial charge in [0.15, 0.2) is 5.16 Å². The summed E-state index contributed by atoms with van der Waals surface area (Å²) in [4.78, 5) is 1.42. The number of hydrogen-bond acceptors (Lipinski definition) is 4. The minimum Gasteiger partial charge on any atom is -0.308 e. The first-order chi connectivity index (χ1) is 8.25. The van der Waals surface area contributed by atoms with E-state index in [1.54, 1.807) is 11.8 Å². The largest absolute Gasteiger partial charge is 0.308 e. The molecule has 2 rings (SSSR count). The van der Waals surface area contributed by atoms with E-state index in [9.17, 15) is 0 Å². The summed E-state index contributed by atoms with van der Waals surface area (Å²) in [6.45, 7) is 5.41. The lowest BCUT2D eigenvalue weighted by Crippen LogP contribution is -2.02. The van der Waals surface area contributed by atoms with E-state index < -0.39 is 0 Å². The van der Waals surface area contributed by atoms with Gasteiger partial charge in [0, 0.05) is 17.2 Å². The van der Waals surface area contributed by atoms with Crippen LogP contribution >= 0.6 is 23.1 Å². The zero-order chi connectivity index (χ0) is 12.1. The lowest BCUT2D eigenvalue weighted by atomic mass is 10.3. The van der Waals surface area contributed by atoms with Crippen LogP contribution in [0.5, 0.6) is 0 Å². The molecule has 0 radical (unpaired) electrons. The highest BCUT2D eigenvalue weighted by atomic mass is 32.2. The van der Waals surface area contributed by atoms with Crippen LogP contribution in [0.1, 0.15) is 18.7 Å². The smallest absolute Gasteiger partial charge is 0.191 e. The third-order valence-electron chi connectivity index (χ3n) is 2.30. The van der Waals surface area contributed by atoms with E-state index in [4.69, 9.17) is 0 Å². The van der Waals surface area contributed by atoms with Gasteiger partial charge in [-0.1, -0.05) is 31.7 Å². The van der Waals surface area contributed by atoms with Gasteiger partial charge in [0.2, 0.25) is 0 Å². The fourth-order valence-corrected chi connectivity index (χ4v) is 3.03. The molecule has 0 fully saturated rings. The van der Waals surface area contributed by atoms with Crippen molar-refractivity contribution in [3.05, 3.63) is 28.7 Å². The number of hydrogen-bond donors (Lipinski definition) is 0. The van der Waals surface area contributed by atoms with Crippen molar-refractivity contribution in [2.45, 2.75) is 32.0 Å². The van der Waals surface area contributed by atoms with Crippen LogP contribution in [0.2, 0.25) is 0 Å². The summed E-state index contributed by atoms with van der Waals surface area (Å²) >= 11 is 3.60. The normalized spacial score (nSPS) is 11.2. The summed E-state index contributed by atoms with van der Waals surface area (Å²) in [5, 5.41) is 11.3. The molecule has 2 heterocycles. The molecule has 0 saturated carbocycles. The van der Waals surface area contributed by atoms with Crippen LogP contribution in [-0.4, -0.2) is 20.5 Å². The third-order valence-corrected chi connectivity index (χ3v) is 4.65. The van der Waals surface area contributed by atoms with Gasteiger partial charge in [0.25, 0.3) is 0 Å². The molecule has 0 saturated heterocycles. The first-order valence-electron chi connectivity index (χ1n) is 5.78. The molecule has 92 valence electrons. The first-order valence-corrected chi connectivity index (χ1v) is 7.65. The monoisotopic (exact) mass is 267 g/mol. The van der Waals surface area contributed by atoms with Crippen molar-refractivity contribution in [2.75, 3.05) is 5.75 Å². The number of nitrogens with zero attached hydrogens (tertiary/aromatic N) is 3. The van der Waals surface area contributed by atoms with Crippen molar-refractivity contribution < 1.29 is 0 Å². The van der Waals surface area contributed by atoms with E-state index in [-0.39, 0.29) is 0 Å². The average molecular weight is 267 g/mol. The van der Waals surface area contributed by atoms with Crippen LogP contribution in [0.4, 0.5) is 0 Å². The summed E-state index contributed by atoms with van der Waals surface area (Å²) in [6.07, 6.45) is 2.89. The minimum atomic E-state index is 0.683. The Morgan fingerprint density at radius 2 is 2.35 bits per heavy atom. The lowest BCUT2D eigenvalue weighted by molar-refractivity contribution is 0.635. The zero-order valence-electron chi connectivity index (χ0n) is 10.2. The zero-order valence-corrected chi connectivity index (χ0v) is 11.8. The Morgan fingerprint density at radius 3 is 3.06 bits per heavy atom. The van der Waals surface area contributed by atoms with Crippen LogP contribution in [0.25, 0.3) is 0 Å². The van der Waals surface area contributed by atoms with Crippen molar-refractivity contribution in [3.63, 3.8) is 0 Å². The van der Waals surface area contributed by atoms with Gasteiger partial charge in [-0.3, -0.25) is 0 Å². The Morgan fingerprint density at radius 1 is 1.47 bits per heavy atom. The lowest BCUT2D eigenvalue weighted by Gasteiger charge is -2.06. The highest BCUT2D eigenvalue weighted by molar-refractivity contribution is 7.99. The second-order valence-electron chi connectivity index (χ2n) is 4.34. The van der Waals surface area contributed by atoms with E-state index >= 15 is 0 Å². The second kappa shape index (κ2) is 6.21. The topological polar surface area (TPSA) is 30.7 Å². The highest BCUT2D eigenvalue weighted by Crippen LogP contribution is 2.19. The molecule has 0 aliphatic rings. The van der Waals surface area contributed by atoms with E-state index in [0.717, 1.165) is 23.9 Å². The summed E-state index contributed by atoms with van der Waals surface area (Å²) in [7, 11) is 0. The Kier molecular flexibility index (Phi) is 4.62. The predicted molar refractivity (Wildman–Crippen MR) is 73.6 cm³/mol. The van der Waals surface area contributed by atoms with Crippen LogP contribution in [0.15, 0.2) is 29.0 Å². The molecular weight excluding hydrogens is 250 g/mol. The average Bonchev–Trinajstić information content (AvgIpc) is 2.95. The minimum absolute atomic E-state index is 0.683. The second-order valence-corrected chi connectivity index (χ2v) is 6.36. The van der Waals surface area contributed by atoms with Gasteiger partial charge in [-0.2, -0.15) is 0 Å². The Balaban J connectivity index is 1.90. The van der Waals surface area contributed by atoms with Crippen molar-refractivity contribution in [1.29, 1.82) is 0 Å². The number of aromatic nitrogens is 3. The van der Waals surface area contributed by atoms with Crippen LogP contribution < -0.4 is 0 Å². The van der Waals surface area contributed by atoms with Crippen LogP contribution in [0.3, 0.4) is 0 Å². The number of rotatable bonds is 6. The Labute approximate surface area is 110 Å². The van der Waals surface area contributed by atoms with Crippen molar-refractivity contribution in [1.82, 2.24) is 14.8 Å². The maximum Gasteiger partial charge on any atom is 0.191 e. The Bertz CT molecular complexity index is 434. The maximum atomic E-state index is 4.17. The molecule has 0 aliphatic carbocycles. The molecule has 0 aromatic carbocycles. The predicted octanol–water partition coefficient (Wildman–Crippen LogP) is 3.33. The third kappa shape index (κ3) is 3.85. The number of thiophene rings is 1. The number of aryl methyl sites for hydroxylation is 2. The standard InChI is InChI=1S/C12H17N3S2/c1-10(2)8-17-12-14-13-9-15(12)6-5-11-4-3-7-16-11/h3-4,7,9-10H,5-6,8H2,1-2H3. The van der Waals surface area contributed by atoms with Gasteiger partial charge < -0.3 is 4.57 Å². The summed E-state index contributed by atoms with van der Waals surface area (Å²) in [5.74, 6) is 1.78. The van der Waals surface area contributed by atoms with E-state index in [1.807, 2.05) is 17.7 Å². The van der Waals surface area contributed by atoms with E-state index in [0.29, 0.717) is 5.92 Å². The van der Waals surface area contributed by atoms with Crippen LogP contribution in [-0.2, 0) is 13.0 Å². The van der Waals surface area contributed by atoms with Gasteiger partial charge >= 0.3 is 0 Å². The SMILES string of the molecule is CC(C)CSc1nncn1CCc1cccs1. The summed E-state index contributed by atoms with van der Waals surface area (Å²) in [6, 6.07) is 4.27. The molecule has 2 aromatic heterocycles. The quantitative estimate of drug-likeness (QED) is 0.752. The van der Waals surface area contributed by atoms with Crippen molar-refractivity contribution in [2.24, 2.45) is 5.92 Å². The number of thioether (sulfide) groups is 1. The molecule has 2 aromatic rings. The molecule has 0 N–H and O–H groups in total. The molecule has 0 spiro atoms. The molecule has 0 unspecified atom stereocenters. The van der Waals surface area contributed by atoms with Gasteiger partial charge in [-0.25, -0.2) is 0 Å². The molecule has 3 nitrogen and oxygen atoms in total. The fraction of sp³-hybridized carbons (Fsp3) is 0.500.